The molecule has 1 unspecified atom stereocenters. The molecule has 162 valence electrons. The maximum absolute atomic E-state index is 14.8. The molecule has 0 aliphatic heterocycles. The van der Waals surface area contributed by atoms with Crippen LogP contribution in [0.4, 0.5) is 4.39 Å². The van der Waals surface area contributed by atoms with Gasteiger partial charge in [0.1, 0.15) is 11.9 Å². The van der Waals surface area contributed by atoms with Gasteiger partial charge in [-0.15, -0.1) is 0 Å². The second kappa shape index (κ2) is 10.2. The van der Waals surface area contributed by atoms with E-state index in [2.05, 4.69) is 19.2 Å². The number of amides is 1. The van der Waals surface area contributed by atoms with Crippen LogP contribution in [-0.2, 0) is 23.0 Å². The second-order valence-electron chi connectivity index (χ2n) is 7.22. The molecule has 0 radical (unpaired) electrons. The van der Waals surface area contributed by atoms with Crippen LogP contribution in [0.1, 0.15) is 12.0 Å². The molecule has 0 aliphatic carbocycles. The van der Waals surface area contributed by atoms with Crippen LogP contribution in [0.25, 0.3) is 22.2 Å². The van der Waals surface area contributed by atoms with Crippen molar-refractivity contribution in [2.24, 2.45) is 7.05 Å². The number of ether oxygens (including phenoxy) is 1. The van der Waals surface area contributed by atoms with E-state index in [1.54, 1.807) is 37.4 Å². The van der Waals surface area contributed by atoms with Crippen molar-refractivity contribution in [3.63, 3.8) is 0 Å². The number of nitriles is 1. The average molecular weight is 430 g/mol. The van der Waals surface area contributed by atoms with Gasteiger partial charge in [-0.3, -0.25) is 9.36 Å². The van der Waals surface area contributed by atoms with E-state index in [9.17, 15) is 19.2 Å². The summed E-state index contributed by atoms with van der Waals surface area (Å²) in [6.07, 6.45) is 0.0453. The molecule has 0 saturated carbocycles. The fourth-order valence-corrected chi connectivity index (χ4v) is 3.15. The molecule has 0 fully saturated rings. The zero-order valence-electron chi connectivity index (χ0n) is 18.3. The minimum Gasteiger partial charge on any atom is -0.408 e. The number of nitrogens with zero attached hydrogens (tertiary/aromatic N) is 2. The Morgan fingerprint density at radius 2 is 2.00 bits per heavy atom. The van der Waals surface area contributed by atoms with E-state index in [0.29, 0.717) is 22.2 Å². The summed E-state index contributed by atoms with van der Waals surface area (Å²) in [4.78, 5) is 24.0. The van der Waals surface area contributed by atoms with Gasteiger partial charge in [-0.25, -0.2) is 9.18 Å². The van der Waals surface area contributed by atoms with E-state index >= 15 is 0 Å². The number of nitrogens with one attached hydrogen (secondary N) is 1. The van der Waals surface area contributed by atoms with Crippen LogP contribution in [0.3, 0.4) is 0 Å². The van der Waals surface area contributed by atoms with Gasteiger partial charge in [0.05, 0.1) is 11.6 Å². The summed E-state index contributed by atoms with van der Waals surface area (Å²) in [6.45, 7) is 7.31. The molecule has 3 rings (SSSR count). The predicted octanol–water partition coefficient (Wildman–Crippen LogP) is -0.0640. The van der Waals surface area contributed by atoms with E-state index in [0.717, 1.165) is 0 Å². The van der Waals surface area contributed by atoms with Crippen molar-refractivity contribution in [3.05, 3.63) is 72.2 Å². The Hall–Kier alpha value is -2.84. The fraction of sp³-hybridized carbons (Fsp3) is 0.261. The number of fused-ring (bicyclic) bond motifs is 1. The number of halogens is 1. The molecule has 3 aromatic rings. The maximum atomic E-state index is 14.8. The number of carbonyl (C=O) groups excluding carboxylic acids is 1. The summed E-state index contributed by atoms with van der Waals surface area (Å²) >= 11 is 0. The van der Waals surface area contributed by atoms with Crippen LogP contribution in [-0.4, -0.2) is 29.2 Å². The Balaban J connectivity index is 0.00000363. The van der Waals surface area contributed by atoms with Crippen LogP contribution < -0.4 is 29.9 Å². The van der Waals surface area contributed by atoms with Crippen LogP contribution in [0, 0.1) is 31.0 Å². The third-order valence-corrected chi connectivity index (χ3v) is 5.27. The number of rotatable bonds is 7. The number of carbonyl (C=O) groups is 1. The Labute approximate surface area is 197 Å². The van der Waals surface area contributed by atoms with Gasteiger partial charge in [0, 0.05) is 20.6 Å². The van der Waals surface area contributed by atoms with Crippen molar-refractivity contribution in [3.8, 4) is 17.2 Å². The second-order valence-corrected chi connectivity index (χ2v) is 7.22. The number of hydrogen-bond acceptors (Lipinski definition) is 5. The standard InChI is InChI=1S/C23H22FN3O4.Li/c1-5-23(2,30-4)21(28)26-17(13-25)10-16-7-6-14(11-18(16)24)15-8-9-20-19(12-15)27(3)22(29)31-20;/h6-9,11-12,17H,1-2,5,10H2,3-4H3,(H,26,28);/q-2;+1/t17-,23?;/m0./s1. The summed E-state index contributed by atoms with van der Waals surface area (Å²) in [6, 6.07) is 10.7. The first-order chi connectivity index (χ1) is 14.7. The smallest absolute Gasteiger partial charge is 0.408 e. The Kier molecular flexibility index (Phi) is 8.09. The Morgan fingerprint density at radius 3 is 2.59 bits per heavy atom. The van der Waals surface area contributed by atoms with Gasteiger partial charge in [0.25, 0.3) is 0 Å². The van der Waals surface area contributed by atoms with E-state index in [1.165, 1.54) is 17.7 Å². The van der Waals surface area contributed by atoms with Crippen molar-refractivity contribution in [1.82, 2.24) is 9.88 Å². The molecule has 1 heterocycles. The zero-order valence-corrected chi connectivity index (χ0v) is 18.3. The maximum Gasteiger partial charge on any atom is 1.00 e. The molecule has 0 bridgehead atoms. The summed E-state index contributed by atoms with van der Waals surface area (Å²) in [7, 11) is 2.92. The summed E-state index contributed by atoms with van der Waals surface area (Å²) in [5.74, 6) is -1.58. The molecule has 2 atom stereocenters. The molecule has 9 heteroatoms. The largest absolute Gasteiger partial charge is 1.00 e. The molecule has 2 aromatic carbocycles. The molecule has 0 saturated heterocycles. The van der Waals surface area contributed by atoms with Gasteiger partial charge >= 0.3 is 24.6 Å². The molecule has 1 N–H and O–H groups in total. The molecule has 1 amide bonds. The van der Waals surface area contributed by atoms with E-state index < -0.39 is 29.1 Å². The SMILES string of the molecule is [CH2-]CC([CH2-])(OC)C(=O)N[C@H](C#N)Cc1ccc(-c2ccc3oc(=O)n(C)c3c2)cc1F.[Li+]. The van der Waals surface area contributed by atoms with E-state index in [4.69, 9.17) is 9.15 Å². The van der Waals surface area contributed by atoms with Crippen molar-refractivity contribution >= 4 is 17.0 Å². The predicted molar refractivity (Wildman–Crippen MR) is 113 cm³/mol. The average Bonchev–Trinajstić information content (AvgIpc) is 3.06. The summed E-state index contributed by atoms with van der Waals surface area (Å²) in [5.41, 5.74) is 1.21. The van der Waals surface area contributed by atoms with Crippen LogP contribution in [0.15, 0.2) is 45.6 Å². The van der Waals surface area contributed by atoms with Crippen molar-refractivity contribution < 1.29 is 37.2 Å². The van der Waals surface area contributed by atoms with Gasteiger partial charge < -0.3 is 28.3 Å². The topological polar surface area (TPSA) is 97.3 Å². The number of aryl methyl sites for hydroxylation is 1. The van der Waals surface area contributed by atoms with E-state index in [-0.39, 0.29) is 37.3 Å². The molecule has 7 nitrogen and oxygen atoms in total. The molecule has 0 spiro atoms. The minimum atomic E-state index is -1.41. The molecular formula is C23H22FLiN3O4-. The van der Waals surface area contributed by atoms with E-state index in [1.807, 2.05) is 6.07 Å². The molecule has 32 heavy (non-hydrogen) atoms. The van der Waals surface area contributed by atoms with Gasteiger partial charge in [-0.05, 0) is 40.5 Å². The van der Waals surface area contributed by atoms with Gasteiger partial charge in [-0.1, -0.05) is 18.2 Å². The number of aromatic nitrogens is 1. The first kappa shape index (κ1) is 25.4. The third-order valence-electron chi connectivity index (χ3n) is 5.27. The number of methoxy groups -OCH3 is 1. The minimum absolute atomic E-state index is 0. The van der Waals surface area contributed by atoms with Gasteiger partial charge in [-0.2, -0.15) is 11.7 Å². The number of oxazole rings is 1. The van der Waals surface area contributed by atoms with Crippen LogP contribution in [0.2, 0.25) is 0 Å². The van der Waals surface area contributed by atoms with Crippen LogP contribution in [0.5, 0.6) is 0 Å². The normalized spacial score (nSPS) is 13.6. The zero-order chi connectivity index (χ0) is 22.8. The summed E-state index contributed by atoms with van der Waals surface area (Å²) < 4.78 is 26.4. The quantitative estimate of drug-likeness (QED) is 0.418. The van der Waals surface area contributed by atoms with Crippen molar-refractivity contribution in [2.45, 2.75) is 24.5 Å². The molecule has 0 aliphatic rings. The monoisotopic (exact) mass is 430 g/mol. The van der Waals surface area contributed by atoms with Crippen molar-refractivity contribution in [1.29, 1.82) is 5.26 Å². The molecular weight excluding hydrogens is 408 g/mol. The number of hydrogen-bond donors (Lipinski definition) is 1. The first-order valence-corrected chi connectivity index (χ1v) is 9.51. The first-order valence-electron chi connectivity index (χ1n) is 9.51. The van der Waals surface area contributed by atoms with Crippen molar-refractivity contribution in [2.75, 3.05) is 7.11 Å². The number of benzene rings is 2. The fourth-order valence-electron chi connectivity index (χ4n) is 3.15. The third kappa shape index (κ3) is 4.97. The van der Waals surface area contributed by atoms with Crippen LogP contribution >= 0.6 is 0 Å². The molecule has 1 aromatic heterocycles. The van der Waals surface area contributed by atoms with Gasteiger partial charge in [0.15, 0.2) is 5.58 Å². The Morgan fingerprint density at radius 1 is 1.34 bits per heavy atom. The summed E-state index contributed by atoms with van der Waals surface area (Å²) in [5, 5.41) is 11.9. The van der Waals surface area contributed by atoms with Gasteiger partial charge in [0.2, 0.25) is 5.91 Å². The Bertz CT molecular complexity index is 1220.